The van der Waals surface area contributed by atoms with Crippen LogP contribution in [0, 0.1) is 5.82 Å². The number of halogens is 1. The Bertz CT molecular complexity index is 844. The standard InChI is InChI=1S/C13H12BFN2O4S/c15-12-6-10(3-4-13(12)16)22(19,20)17-9-2-1-8-7-21-14(18)11(8)5-9/h1-6,17-18H,7,16H2. The molecule has 3 rings (SSSR count). The molecule has 0 aromatic heterocycles. The molecule has 0 radical (unpaired) electrons. The van der Waals surface area contributed by atoms with Gasteiger partial charge in [0.15, 0.2) is 0 Å². The van der Waals surface area contributed by atoms with E-state index in [1.807, 2.05) is 0 Å². The molecule has 0 saturated heterocycles. The molecule has 0 fully saturated rings. The van der Waals surface area contributed by atoms with Crippen molar-refractivity contribution >= 4 is 34.0 Å². The SMILES string of the molecule is Nc1ccc(S(=O)(=O)Nc2ccc3c(c2)B(O)OC3)cc1F. The Morgan fingerprint density at radius 3 is 2.77 bits per heavy atom. The number of nitrogens with two attached hydrogens (primary N) is 1. The Balaban J connectivity index is 1.91. The van der Waals surface area contributed by atoms with Crippen LogP contribution in [0.4, 0.5) is 15.8 Å². The summed E-state index contributed by atoms with van der Waals surface area (Å²) in [5, 5.41) is 9.63. The Hall–Kier alpha value is -2.10. The van der Waals surface area contributed by atoms with Gasteiger partial charge >= 0.3 is 7.12 Å². The molecule has 0 bridgehead atoms. The lowest BCUT2D eigenvalue weighted by Crippen LogP contribution is -2.28. The van der Waals surface area contributed by atoms with E-state index in [-0.39, 0.29) is 22.9 Å². The molecule has 1 aliphatic rings. The zero-order valence-electron chi connectivity index (χ0n) is 11.3. The minimum absolute atomic E-state index is 0.128. The average molecular weight is 322 g/mol. The van der Waals surface area contributed by atoms with E-state index in [0.717, 1.165) is 11.6 Å². The molecule has 1 heterocycles. The number of hydrogen-bond acceptors (Lipinski definition) is 5. The van der Waals surface area contributed by atoms with Crippen LogP contribution in [0.3, 0.4) is 0 Å². The van der Waals surface area contributed by atoms with E-state index in [2.05, 4.69) is 4.72 Å². The Labute approximate surface area is 126 Å². The minimum Gasteiger partial charge on any atom is -0.423 e. The van der Waals surface area contributed by atoms with E-state index in [1.165, 1.54) is 18.2 Å². The highest BCUT2D eigenvalue weighted by Crippen LogP contribution is 2.21. The number of sulfonamides is 1. The summed E-state index contributed by atoms with van der Waals surface area (Å²) in [6.45, 7) is 0.271. The third-order valence-corrected chi connectivity index (χ3v) is 4.72. The molecule has 0 aliphatic carbocycles. The zero-order valence-corrected chi connectivity index (χ0v) is 12.1. The van der Waals surface area contributed by atoms with Crippen molar-refractivity contribution in [2.24, 2.45) is 0 Å². The van der Waals surface area contributed by atoms with Crippen molar-refractivity contribution < 1.29 is 22.5 Å². The first-order chi connectivity index (χ1) is 10.4. The Morgan fingerprint density at radius 2 is 2.05 bits per heavy atom. The normalized spacial score (nSPS) is 14.0. The van der Waals surface area contributed by atoms with Gasteiger partial charge in [0.1, 0.15) is 5.82 Å². The average Bonchev–Trinajstić information content (AvgIpc) is 2.83. The first-order valence-corrected chi connectivity index (χ1v) is 7.85. The topological polar surface area (TPSA) is 102 Å². The Morgan fingerprint density at radius 1 is 1.27 bits per heavy atom. The first-order valence-electron chi connectivity index (χ1n) is 6.37. The maximum atomic E-state index is 13.4. The molecule has 2 aromatic carbocycles. The lowest BCUT2D eigenvalue weighted by Gasteiger charge is -2.10. The fraction of sp³-hybridized carbons (Fsp3) is 0.0769. The summed E-state index contributed by atoms with van der Waals surface area (Å²) in [4.78, 5) is -0.239. The molecule has 0 unspecified atom stereocenters. The van der Waals surface area contributed by atoms with Crippen LogP contribution in [0.15, 0.2) is 41.3 Å². The summed E-state index contributed by atoms with van der Waals surface area (Å²) >= 11 is 0. The molecule has 9 heteroatoms. The van der Waals surface area contributed by atoms with E-state index >= 15 is 0 Å². The highest BCUT2D eigenvalue weighted by molar-refractivity contribution is 7.92. The van der Waals surface area contributed by atoms with Crippen LogP contribution in [0.25, 0.3) is 0 Å². The molecule has 22 heavy (non-hydrogen) atoms. The van der Waals surface area contributed by atoms with Crippen molar-refractivity contribution in [2.75, 3.05) is 10.5 Å². The van der Waals surface area contributed by atoms with Crippen molar-refractivity contribution in [3.8, 4) is 0 Å². The second kappa shape index (κ2) is 5.27. The molecule has 114 valence electrons. The second-order valence-corrected chi connectivity index (χ2v) is 6.55. The van der Waals surface area contributed by atoms with Gasteiger partial charge in [-0.05, 0) is 41.4 Å². The lowest BCUT2D eigenvalue weighted by atomic mass is 9.79. The molecule has 0 atom stereocenters. The van der Waals surface area contributed by atoms with Crippen LogP contribution in [0.1, 0.15) is 5.56 Å². The van der Waals surface area contributed by atoms with E-state index < -0.39 is 23.0 Å². The van der Waals surface area contributed by atoms with E-state index in [0.29, 0.717) is 5.46 Å². The van der Waals surface area contributed by atoms with Gasteiger partial charge in [-0.15, -0.1) is 0 Å². The maximum absolute atomic E-state index is 13.4. The van der Waals surface area contributed by atoms with Gasteiger partial charge in [0.2, 0.25) is 0 Å². The smallest absolute Gasteiger partial charge is 0.423 e. The summed E-state index contributed by atoms with van der Waals surface area (Å²) in [5.74, 6) is -0.805. The molecular weight excluding hydrogens is 310 g/mol. The quantitative estimate of drug-likeness (QED) is 0.562. The van der Waals surface area contributed by atoms with Gasteiger partial charge in [-0.25, -0.2) is 12.8 Å². The van der Waals surface area contributed by atoms with Crippen LogP contribution in [0.5, 0.6) is 0 Å². The van der Waals surface area contributed by atoms with Crippen LogP contribution in [-0.4, -0.2) is 20.6 Å². The van der Waals surface area contributed by atoms with Crippen molar-refractivity contribution in [2.45, 2.75) is 11.5 Å². The summed E-state index contributed by atoms with van der Waals surface area (Å²) in [7, 11) is -5.03. The first kappa shape index (κ1) is 14.8. The van der Waals surface area contributed by atoms with Crippen LogP contribution >= 0.6 is 0 Å². The second-order valence-electron chi connectivity index (χ2n) is 4.87. The number of benzene rings is 2. The van der Waals surface area contributed by atoms with Crippen LogP contribution < -0.4 is 15.9 Å². The monoisotopic (exact) mass is 322 g/mol. The number of fused-ring (bicyclic) bond motifs is 1. The third kappa shape index (κ3) is 2.65. The molecule has 0 saturated carbocycles. The van der Waals surface area contributed by atoms with E-state index in [9.17, 15) is 17.8 Å². The number of anilines is 2. The van der Waals surface area contributed by atoms with Crippen molar-refractivity contribution in [1.29, 1.82) is 0 Å². The predicted molar refractivity (Wildman–Crippen MR) is 80.5 cm³/mol. The van der Waals surface area contributed by atoms with Gasteiger partial charge in [-0.1, -0.05) is 6.07 Å². The van der Waals surface area contributed by atoms with Gasteiger partial charge in [-0.3, -0.25) is 4.72 Å². The van der Waals surface area contributed by atoms with Crippen LogP contribution in [-0.2, 0) is 21.3 Å². The molecule has 4 N–H and O–H groups in total. The van der Waals surface area contributed by atoms with Crippen molar-refractivity contribution in [3.05, 3.63) is 47.8 Å². The molecule has 1 aliphatic heterocycles. The largest absolute Gasteiger partial charge is 0.491 e. The molecular formula is C13H12BFN2O4S. The van der Waals surface area contributed by atoms with Gasteiger partial charge in [0.25, 0.3) is 10.0 Å². The van der Waals surface area contributed by atoms with Crippen molar-refractivity contribution in [3.63, 3.8) is 0 Å². The van der Waals surface area contributed by atoms with Crippen LogP contribution in [0.2, 0.25) is 0 Å². The molecule has 0 amide bonds. The minimum atomic E-state index is -3.96. The molecule has 2 aromatic rings. The lowest BCUT2D eigenvalue weighted by molar-refractivity contribution is 0.275. The van der Waals surface area contributed by atoms with E-state index in [1.54, 1.807) is 12.1 Å². The number of nitrogen functional groups attached to an aromatic ring is 1. The summed E-state index contributed by atoms with van der Waals surface area (Å²) in [6, 6.07) is 7.94. The predicted octanol–water partition coefficient (Wildman–Crippen LogP) is 0.426. The highest BCUT2D eigenvalue weighted by Gasteiger charge is 2.28. The molecule has 0 spiro atoms. The zero-order chi connectivity index (χ0) is 15.9. The maximum Gasteiger partial charge on any atom is 0.491 e. The van der Waals surface area contributed by atoms with Crippen molar-refractivity contribution in [1.82, 2.24) is 0 Å². The molecule has 6 nitrogen and oxygen atoms in total. The summed E-state index contributed by atoms with van der Waals surface area (Å²) in [6.07, 6.45) is 0. The van der Waals surface area contributed by atoms with Gasteiger partial charge in [0, 0.05) is 5.69 Å². The number of nitrogens with one attached hydrogen (secondary N) is 1. The van der Waals surface area contributed by atoms with Gasteiger partial charge in [-0.2, -0.15) is 0 Å². The van der Waals surface area contributed by atoms with Gasteiger partial charge in [0.05, 0.1) is 17.2 Å². The van der Waals surface area contributed by atoms with E-state index in [4.69, 9.17) is 10.4 Å². The fourth-order valence-corrected chi connectivity index (χ4v) is 3.23. The highest BCUT2D eigenvalue weighted by atomic mass is 32.2. The summed E-state index contributed by atoms with van der Waals surface area (Å²) < 4.78 is 45.2. The number of rotatable bonds is 3. The number of hydrogen-bond donors (Lipinski definition) is 3. The van der Waals surface area contributed by atoms with Gasteiger partial charge < -0.3 is 15.4 Å². The Kier molecular flexibility index (Phi) is 3.55. The third-order valence-electron chi connectivity index (χ3n) is 3.34. The summed E-state index contributed by atoms with van der Waals surface area (Å²) in [5.41, 5.74) is 6.74. The fourth-order valence-electron chi connectivity index (χ4n) is 2.17.